The molecule has 62 valence electrons. The number of thiazole rings is 1. The highest BCUT2D eigenvalue weighted by Gasteiger charge is 2.05. The fourth-order valence-corrected chi connectivity index (χ4v) is 2.03. The predicted molar refractivity (Wildman–Crippen MR) is 53.7 cm³/mol. The molecule has 0 N–H and O–H groups in total. The van der Waals surface area contributed by atoms with Gasteiger partial charge in [0.1, 0.15) is 0 Å². The minimum Gasteiger partial charge on any atom is -0.241 e. The molecule has 0 aliphatic rings. The van der Waals surface area contributed by atoms with Crippen LogP contribution in [0, 0.1) is 0 Å². The first-order valence-corrected chi connectivity index (χ1v) is 4.85. The number of hydrogen-bond acceptors (Lipinski definition) is 2. The van der Waals surface area contributed by atoms with E-state index in [1.54, 1.807) is 11.3 Å². The summed E-state index contributed by atoms with van der Waals surface area (Å²) < 4.78 is 8.64. The molecule has 0 spiro atoms. The first-order valence-electron chi connectivity index (χ1n) is 4.54. The molecule has 0 bridgehead atoms. The Morgan fingerprint density at radius 3 is 3.08 bits per heavy atom. The molecule has 0 aliphatic carbocycles. The zero-order valence-electron chi connectivity index (χ0n) is 8.16. The molecule has 0 atom stereocenters. The molecule has 2 aromatic rings. The van der Waals surface area contributed by atoms with E-state index in [0.717, 1.165) is 10.5 Å². The van der Waals surface area contributed by atoms with Crippen LogP contribution in [0.25, 0.3) is 10.2 Å². The third-order valence-electron chi connectivity index (χ3n) is 1.74. The summed E-state index contributed by atoms with van der Waals surface area (Å²) in [5.74, 6) is 0.478. The van der Waals surface area contributed by atoms with Gasteiger partial charge in [-0.1, -0.05) is 26.0 Å². The van der Waals surface area contributed by atoms with Gasteiger partial charge in [-0.05, 0) is 12.1 Å². The van der Waals surface area contributed by atoms with Crippen LogP contribution >= 0.6 is 11.3 Å². The van der Waals surface area contributed by atoms with Gasteiger partial charge in [-0.25, -0.2) is 4.98 Å². The summed E-state index contributed by atoms with van der Waals surface area (Å²) in [4.78, 5) is 4.47. The van der Waals surface area contributed by atoms with Crippen molar-refractivity contribution < 1.29 is 1.37 Å². The van der Waals surface area contributed by atoms with Gasteiger partial charge >= 0.3 is 0 Å². The van der Waals surface area contributed by atoms with Crippen molar-refractivity contribution in [2.45, 2.75) is 19.8 Å². The fraction of sp³-hybridized carbons (Fsp3) is 0.300. The van der Waals surface area contributed by atoms with E-state index in [-0.39, 0.29) is 0 Å². The van der Waals surface area contributed by atoms with Crippen LogP contribution in [0.2, 0.25) is 0 Å². The summed E-state index contributed by atoms with van der Waals surface area (Å²) in [6.07, 6.45) is 0. The molecule has 0 saturated carbocycles. The summed E-state index contributed by atoms with van der Waals surface area (Å²) in [6, 6.07) is 6.14. The third-order valence-corrected chi connectivity index (χ3v) is 3.08. The molecule has 0 aliphatic heterocycles. The van der Waals surface area contributed by atoms with E-state index in [0.29, 0.717) is 12.0 Å². The second-order valence-electron chi connectivity index (χ2n) is 3.10. The molecule has 1 nitrogen and oxygen atoms in total. The molecule has 0 radical (unpaired) electrons. The van der Waals surface area contributed by atoms with Crippen LogP contribution in [0.3, 0.4) is 0 Å². The van der Waals surface area contributed by atoms with Crippen molar-refractivity contribution in [1.29, 1.82) is 0 Å². The molecule has 0 fully saturated rings. The van der Waals surface area contributed by atoms with E-state index in [4.69, 9.17) is 1.37 Å². The van der Waals surface area contributed by atoms with Gasteiger partial charge in [0.25, 0.3) is 0 Å². The molecule has 1 heterocycles. The highest BCUT2D eigenvalue weighted by atomic mass is 32.1. The SMILES string of the molecule is [3H]c1ccc2sc(C(C)C)nc2c1. The average Bonchev–Trinajstić information content (AvgIpc) is 2.46. The standard InChI is InChI=1S/C10H11NS/c1-7(2)10-11-8-5-3-4-6-9(8)12-10/h3-7H,1-2H3/i3T. The maximum absolute atomic E-state index is 7.46. The molecule has 2 heteroatoms. The summed E-state index contributed by atoms with van der Waals surface area (Å²) in [7, 11) is 0. The van der Waals surface area contributed by atoms with E-state index in [9.17, 15) is 0 Å². The molecule has 2 rings (SSSR count). The van der Waals surface area contributed by atoms with E-state index in [1.807, 2.05) is 18.2 Å². The summed E-state index contributed by atoms with van der Waals surface area (Å²) in [5, 5.41) is 1.15. The number of hydrogen-bond donors (Lipinski definition) is 0. The highest BCUT2D eigenvalue weighted by Crippen LogP contribution is 2.26. The predicted octanol–water partition coefficient (Wildman–Crippen LogP) is 3.42. The van der Waals surface area contributed by atoms with Gasteiger partial charge in [-0.2, -0.15) is 0 Å². The Morgan fingerprint density at radius 2 is 2.33 bits per heavy atom. The number of benzene rings is 1. The number of fused-ring (bicyclic) bond motifs is 1. The quantitative estimate of drug-likeness (QED) is 0.653. The lowest BCUT2D eigenvalue weighted by atomic mass is 10.2. The Balaban J connectivity index is 2.62. The molecule has 1 aromatic carbocycles. The smallest absolute Gasteiger partial charge is 0.0963 e. The van der Waals surface area contributed by atoms with E-state index < -0.39 is 0 Å². The lowest BCUT2D eigenvalue weighted by Gasteiger charge is -1.94. The van der Waals surface area contributed by atoms with Crippen molar-refractivity contribution in [3.8, 4) is 0 Å². The molecule has 1 aromatic heterocycles. The van der Waals surface area contributed by atoms with Crippen LogP contribution in [0.15, 0.2) is 24.2 Å². The van der Waals surface area contributed by atoms with Gasteiger partial charge < -0.3 is 0 Å². The van der Waals surface area contributed by atoms with Crippen LogP contribution in [0.5, 0.6) is 0 Å². The molecular formula is C10H11NS. The first kappa shape index (κ1) is 6.61. The number of aromatic nitrogens is 1. The van der Waals surface area contributed by atoms with Crippen molar-refractivity contribution in [3.63, 3.8) is 0 Å². The summed E-state index contributed by atoms with van der Waals surface area (Å²) in [5.41, 5.74) is 0.959. The monoisotopic (exact) mass is 179 g/mol. The van der Waals surface area contributed by atoms with Crippen molar-refractivity contribution in [2.24, 2.45) is 0 Å². The van der Waals surface area contributed by atoms with Crippen molar-refractivity contribution >= 4 is 21.6 Å². The Bertz CT molecular complexity index is 433. The minimum atomic E-state index is 0.478. The maximum Gasteiger partial charge on any atom is 0.0963 e. The first-order chi connectivity index (χ1) is 6.16. The zero-order chi connectivity index (χ0) is 9.42. The number of rotatable bonds is 1. The van der Waals surface area contributed by atoms with Gasteiger partial charge in [0, 0.05) is 5.92 Å². The van der Waals surface area contributed by atoms with Crippen molar-refractivity contribution in [1.82, 2.24) is 4.98 Å². The van der Waals surface area contributed by atoms with Crippen LogP contribution < -0.4 is 0 Å². The number of para-hydroxylation sites is 1. The van der Waals surface area contributed by atoms with Crippen molar-refractivity contribution in [3.05, 3.63) is 29.2 Å². The Labute approximate surface area is 77.5 Å². The highest BCUT2D eigenvalue weighted by molar-refractivity contribution is 7.18. The van der Waals surface area contributed by atoms with Gasteiger partial charge in [0.2, 0.25) is 0 Å². The van der Waals surface area contributed by atoms with Crippen molar-refractivity contribution in [2.75, 3.05) is 0 Å². The van der Waals surface area contributed by atoms with E-state index in [1.165, 1.54) is 4.70 Å². The normalized spacial score (nSPS) is 12.4. The van der Waals surface area contributed by atoms with E-state index in [2.05, 4.69) is 18.8 Å². The van der Waals surface area contributed by atoms with E-state index >= 15 is 0 Å². The minimum absolute atomic E-state index is 0.478. The topological polar surface area (TPSA) is 12.9 Å². The van der Waals surface area contributed by atoms with Gasteiger partial charge in [0.05, 0.1) is 16.6 Å². The third kappa shape index (κ3) is 1.23. The van der Waals surface area contributed by atoms with Crippen LogP contribution in [0.1, 0.15) is 26.1 Å². The number of nitrogens with zero attached hydrogens (tertiary/aromatic N) is 1. The fourth-order valence-electron chi connectivity index (χ4n) is 1.08. The Morgan fingerprint density at radius 1 is 1.50 bits per heavy atom. The maximum atomic E-state index is 7.46. The molecule has 0 saturated heterocycles. The average molecular weight is 179 g/mol. The zero-order valence-corrected chi connectivity index (χ0v) is 7.98. The molecule has 12 heavy (non-hydrogen) atoms. The lowest BCUT2D eigenvalue weighted by Crippen LogP contribution is -1.82. The molecule has 0 unspecified atom stereocenters. The second kappa shape index (κ2) is 2.87. The Kier molecular flexibility index (Phi) is 1.58. The summed E-state index contributed by atoms with van der Waals surface area (Å²) >= 11 is 1.72. The summed E-state index contributed by atoms with van der Waals surface area (Å²) in [6.45, 7) is 4.28. The van der Waals surface area contributed by atoms with Gasteiger partial charge in [-0.15, -0.1) is 11.3 Å². The Hall–Kier alpha value is -0.890. The molecular weight excluding hydrogens is 166 g/mol. The van der Waals surface area contributed by atoms with Crippen LogP contribution in [-0.2, 0) is 0 Å². The van der Waals surface area contributed by atoms with Crippen LogP contribution in [-0.4, -0.2) is 4.98 Å². The van der Waals surface area contributed by atoms with Gasteiger partial charge in [-0.3, -0.25) is 0 Å². The second-order valence-corrected chi connectivity index (χ2v) is 4.16. The molecule has 0 amide bonds. The van der Waals surface area contributed by atoms with Gasteiger partial charge in [0.15, 0.2) is 0 Å². The lowest BCUT2D eigenvalue weighted by molar-refractivity contribution is 0.857. The van der Waals surface area contributed by atoms with Crippen LogP contribution in [0.4, 0.5) is 0 Å². The largest absolute Gasteiger partial charge is 0.241 e.